The fourth-order valence-corrected chi connectivity index (χ4v) is 3.85. The standard InChI is InChI=1S/C22H44/c1-9-19(6)13-12-14-21(11-3)22(7,8)16-15-20(10-2)17-18(4)5/h9,18,20-21H,10-17H2,1-8H3. The average molecular weight is 309 g/mol. The maximum Gasteiger partial charge on any atom is -0.0323 e. The Labute approximate surface area is 142 Å². The summed E-state index contributed by atoms with van der Waals surface area (Å²) in [6.45, 7) is 19.0. The van der Waals surface area contributed by atoms with E-state index in [1.165, 1.54) is 51.4 Å². The quantitative estimate of drug-likeness (QED) is 0.320. The molecule has 2 atom stereocenters. The van der Waals surface area contributed by atoms with E-state index >= 15 is 0 Å². The molecule has 0 heterocycles. The van der Waals surface area contributed by atoms with Gasteiger partial charge < -0.3 is 0 Å². The summed E-state index contributed by atoms with van der Waals surface area (Å²) in [5.74, 6) is 2.66. The molecule has 0 saturated heterocycles. The monoisotopic (exact) mass is 308 g/mol. The normalized spacial score (nSPS) is 16.1. The molecule has 0 aliphatic carbocycles. The zero-order valence-corrected chi connectivity index (χ0v) is 17.0. The van der Waals surface area contributed by atoms with Crippen molar-refractivity contribution in [3.05, 3.63) is 11.6 Å². The van der Waals surface area contributed by atoms with Gasteiger partial charge in [0.15, 0.2) is 0 Å². The second kappa shape index (κ2) is 11.3. The highest BCUT2D eigenvalue weighted by Gasteiger charge is 2.28. The fourth-order valence-electron chi connectivity index (χ4n) is 3.85. The van der Waals surface area contributed by atoms with Crippen LogP contribution in [0.3, 0.4) is 0 Å². The zero-order chi connectivity index (χ0) is 17.2. The third-order valence-electron chi connectivity index (χ3n) is 5.79. The largest absolute Gasteiger partial charge is 0.0887 e. The van der Waals surface area contributed by atoms with Crippen LogP contribution in [0.1, 0.15) is 107 Å². The first kappa shape index (κ1) is 21.7. The highest BCUT2D eigenvalue weighted by atomic mass is 14.3. The summed E-state index contributed by atoms with van der Waals surface area (Å²) in [7, 11) is 0. The van der Waals surface area contributed by atoms with Gasteiger partial charge in [-0.1, -0.05) is 66.0 Å². The van der Waals surface area contributed by atoms with Crippen LogP contribution in [-0.2, 0) is 0 Å². The maximum absolute atomic E-state index is 2.52. The lowest BCUT2D eigenvalue weighted by Crippen LogP contribution is -2.25. The van der Waals surface area contributed by atoms with Crippen molar-refractivity contribution in [2.24, 2.45) is 23.2 Å². The van der Waals surface area contributed by atoms with Crippen LogP contribution < -0.4 is 0 Å². The van der Waals surface area contributed by atoms with Gasteiger partial charge in [0.1, 0.15) is 0 Å². The van der Waals surface area contributed by atoms with Crippen molar-refractivity contribution < 1.29 is 0 Å². The Morgan fingerprint density at radius 3 is 2.14 bits per heavy atom. The van der Waals surface area contributed by atoms with Gasteiger partial charge in [-0.25, -0.2) is 0 Å². The van der Waals surface area contributed by atoms with E-state index < -0.39 is 0 Å². The highest BCUT2D eigenvalue weighted by Crippen LogP contribution is 2.39. The van der Waals surface area contributed by atoms with Crippen molar-refractivity contribution in [1.29, 1.82) is 0 Å². The summed E-state index contributed by atoms with van der Waals surface area (Å²) in [5, 5.41) is 0. The van der Waals surface area contributed by atoms with Crippen LogP contribution in [-0.4, -0.2) is 0 Å². The maximum atomic E-state index is 2.52. The van der Waals surface area contributed by atoms with Crippen LogP contribution in [0.25, 0.3) is 0 Å². The molecule has 0 aliphatic rings. The van der Waals surface area contributed by atoms with Crippen LogP contribution in [0.5, 0.6) is 0 Å². The Bertz CT molecular complexity index is 295. The van der Waals surface area contributed by atoms with Crippen LogP contribution in [0.2, 0.25) is 0 Å². The van der Waals surface area contributed by atoms with E-state index in [-0.39, 0.29) is 0 Å². The van der Waals surface area contributed by atoms with Gasteiger partial charge in [-0.3, -0.25) is 0 Å². The van der Waals surface area contributed by atoms with E-state index in [9.17, 15) is 0 Å². The summed E-state index contributed by atoms with van der Waals surface area (Å²) in [5.41, 5.74) is 2.05. The molecule has 22 heavy (non-hydrogen) atoms. The Hall–Kier alpha value is -0.260. The molecule has 2 unspecified atom stereocenters. The minimum atomic E-state index is 0.503. The Morgan fingerprint density at radius 2 is 1.68 bits per heavy atom. The van der Waals surface area contributed by atoms with Crippen molar-refractivity contribution >= 4 is 0 Å². The van der Waals surface area contributed by atoms with Crippen LogP contribution >= 0.6 is 0 Å². The SMILES string of the molecule is CC=C(C)CCCC(CC)C(C)(C)CCC(CC)CC(C)C. The summed E-state index contributed by atoms with van der Waals surface area (Å²) in [6.07, 6.45) is 13.2. The van der Waals surface area contributed by atoms with Gasteiger partial charge in [-0.2, -0.15) is 0 Å². The van der Waals surface area contributed by atoms with Crippen LogP contribution in [0.15, 0.2) is 11.6 Å². The minimum Gasteiger partial charge on any atom is -0.0887 e. The average Bonchev–Trinajstić information content (AvgIpc) is 2.46. The van der Waals surface area contributed by atoms with Crippen molar-refractivity contribution in [3.63, 3.8) is 0 Å². The van der Waals surface area contributed by atoms with Gasteiger partial charge in [-0.15, -0.1) is 0 Å². The predicted octanol–water partition coefficient (Wildman–Crippen LogP) is 8.03. The topological polar surface area (TPSA) is 0 Å². The molecular weight excluding hydrogens is 264 g/mol. The van der Waals surface area contributed by atoms with Gasteiger partial charge in [-0.05, 0) is 75.5 Å². The van der Waals surface area contributed by atoms with Gasteiger partial charge >= 0.3 is 0 Å². The molecular formula is C22H44. The lowest BCUT2D eigenvalue weighted by Gasteiger charge is -2.35. The van der Waals surface area contributed by atoms with Gasteiger partial charge in [0.25, 0.3) is 0 Å². The van der Waals surface area contributed by atoms with Crippen LogP contribution in [0, 0.1) is 23.2 Å². The molecule has 0 aromatic heterocycles. The number of hydrogen-bond donors (Lipinski definition) is 0. The molecule has 0 saturated carbocycles. The van der Waals surface area contributed by atoms with E-state index in [1.807, 2.05) is 0 Å². The van der Waals surface area contributed by atoms with Crippen molar-refractivity contribution in [1.82, 2.24) is 0 Å². The molecule has 0 amide bonds. The summed E-state index contributed by atoms with van der Waals surface area (Å²) in [4.78, 5) is 0. The molecule has 0 spiro atoms. The first-order chi connectivity index (χ1) is 10.3. The molecule has 0 aromatic carbocycles. The van der Waals surface area contributed by atoms with Crippen molar-refractivity contribution in [2.45, 2.75) is 107 Å². The molecule has 0 fully saturated rings. The van der Waals surface area contributed by atoms with Crippen molar-refractivity contribution in [2.75, 3.05) is 0 Å². The van der Waals surface area contributed by atoms with Gasteiger partial charge in [0, 0.05) is 0 Å². The number of allylic oxidation sites excluding steroid dienone is 2. The predicted molar refractivity (Wildman–Crippen MR) is 103 cm³/mol. The first-order valence-electron chi connectivity index (χ1n) is 9.88. The minimum absolute atomic E-state index is 0.503. The van der Waals surface area contributed by atoms with Crippen molar-refractivity contribution in [3.8, 4) is 0 Å². The fraction of sp³-hybridized carbons (Fsp3) is 0.909. The third-order valence-corrected chi connectivity index (χ3v) is 5.79. The smallest absolute Gasteiger partial charge is 0.0323 e. The summed E-state index contributed by atoms with van der Waals surface area (Å²) >= 11 is 0. The zero-order valence-electron chi connectivity index (χ0n) is 17.0. The highest BCUT2D eigenvalue weighted by molar-refractivity contribution is 4.95. The summed E-state index contributed by atoms with van der Waals surface area (Å²) < 4.78 is 0. The Balaban J connectivity index is 4.40. The second-order valence-corrected chi connectivity index (χ2v) is 8.56. The molecule has 0 nitrogen and oxygen atoms in total. The first-order valence-corrected chi connectivity index (χ1v) is 9.88. The molecule has 0 N–H and O–H groups in total. The van der Waals surface area contributed by atoms with Gasteiger partial charge in [0.2, 0.25) is 0 Å². The lowest BCUT2D eigenvalue weighted by atomic mass is 9.70. The summed E-state index contributed by atoms with van der Waals surface area (Å²) in [6, 6.07) is 0. The van der Waals surface area contributed by atoms with E-state index in [0.29, 0.717) is 5.41 Å². The molecule has 0 heteroatoms. The second-order valence-electron chi connectivity index (χ2n) is 8.56. The van der Waals surface area contributed by atoms with Crippen LogP contribution in [0.4, 0.5) is 0 Å². The van der Waals surface area contributed by atoms with E-state index in [1.54, 1.807) is 5.57 Å². The molecule has 132 valence electrons. The van der Waals surface area contributed by atoms with E-state index in [2.05, 4.69) is 61.5 Å². The molecule has 0 radical (unpaired) electrons. The third kappa shape index (κ3) is 9.01. The number of hydrogen-bond acceptors (Lipinski definition) is 0. The Morgan fingerprint density at radius 1 is 1.05 bits per heavy atom. The van der Waals surface area contributed by atoms with Gasteiger partial charge in [0.05, 0.1) is 0 Å². The molecule has 0 bridgehead atoms. The lowest BCUT2D eigenvalue weighted by molar-refractivity contribution is 0.156. The Kier molecular flexibility index (Phi) is 11.2. The molecule has 0 aromatic rings. The molecule has 0 rings (SSSR count). The molecule has 0 aliphatic heterocycles. The van der Waals surface area contributed by atoms with E-state index in [4.69, 9.17) is 0 Å². The number of rotatable bonds is 12. The van der Waals surface area contributed by atoms with E-state index in [0.717, 1.165) is 17.8 Å².